The Morgan fingerprint density at radius 2 is 2.35 bits per heavy atom. The second-order valence-electron chi connectivity index (χ2n) is 4.31. The van der Waals surface area contributed by atoms with Gasteiger partial charge in [0.15, 0.2) is 0 Å². The number of hydrogen-bond acceptors (Lipinski definition) is 4. The molecule has 2 aromatic heterocycles. The van der Waals surface area contributed by atoms with E-state index in [1.54, 1.807) is 12.4 Å². The van der Waals surface area contributed by atoms with E-state index in [2.05, 4.69) is 26.1 Å². The van der Waals surface area contributed by atoms with E-state index in [0.29, 0.717) is 11.9 Å². The van der Waals surface area contributed by atoms with Crippen LogP contribution < -0.4 is 10.6 Å². The molecule has 2 aromatic rings. The average Bonchev–Trinajstić information content (AvgIpc) is 2.98. The Morgan fingerprint density at radius 3 is 3.06 bits per heavy atom. The van der Waals surface area contributed by atoms with E-state index in [1.807, 2.05) is 12.3 Å². The van der Waals surface area contributed by atoms with Gasteiger partial charge >= 0.3 is 0 Å². The number of nitrogen functional groups attached to an aromatic ring is 1. The van der Waals surface area contributed by atoms with Crippen LogP contribution >= 0.6 is 0 Å². The minimum atomic E-state index is 0.364. The Labute approximate surface area is 99.7 Å². The summed E-state index contributed by atoms with van der Waals surface area (Å²) in [6, 6.07) is 4.46. The summed E-state index contributed by atoms with van der Waals surface area (Å²) in [6.45, 7) is 1.02. The molecule has 1 unspecified atom stereocenters. The van der Waals surface area contributed by atoms with Crippen LogP contribution in [0.25, 0.3) is 0 Å². The Balaban J connectivity index is 1.93. The number of rotatable bonds is 2. The number of nitrogens with one attached hydrogen (secondary N) is 1. The van der Waals surface area contributed by atoms with Crippen molar-refractivity contribution in [1.29, 1.82) is 0 Å². The first-order chi connectivity index (χ1) is 8.36. The predicted molar refractivity (Wildman–Crippen MR) is 66.6 cm³/mol. The van der Waals surface area contributed by atoms with Crippen molar-refractivity contribution in [3.63, 3.8) is 0 Å². The van der Waals surface area contributed by atoms with Crippen molar-refractivity contribution in [3.8, 4) is 0 Å². The molecule has 1 atom stereocenters. The molecule has 1 fully saturated rings. The van der Waals surface area contributed by atoms with Gasteiger partial charge in [0.2, 0.25) is 0 Å². The van der Waals surface area contributed by atoms with Crippen LogP contribution in [0.5, 0.6) is 0 Å². The van der Waals surface area contributed by atoms with Crippen LogP contribution in [0.15, 0.2) is 30.7 Å². The van der Waals surface area contributed by atoms with Crippen molar-refractivity contribution in [2.24, 2.45) is 0 Å². The molecule has 0 aliphatic carbocycles. The molecule has 0 radical (unpaired) electrons. The number of aromatic amines is 1. The summed E-state index contributed by atoms with van der Waals surface area (Å²) in [6.07, 6.45) is 7.83. The van der Waals surface area contributed by atoms with Gasteiger partial charge in [-0.2, -0.15) is 5.10 Å². The van der Waals surface area contributed by atoms with E-state index in [0.717, 1.165) is 18.7 Å². The highest BCUT2D eigenvalue weighted by Gasteiger charge is 2.28. The summed E-state index contributed by atoms with van der Waals surface area (Å²) < 4.78 is 0. The quantitative estimate of drug-likeness (QED) is 0.822. The topological polar surface area (TPSA) is 70.8 Å². The smallest absolute Gasteiger partial charge is 0.142 e. The molecule has 0 aromatic carbocycles. The molecule has 3 rings (SSSR count). The molecule has 3 heterocycles. The van der Waals surface area contributed by atoms with Gasteiger partial charge in [-0.15, -0.1) is 0 Å². The molecule has 0 amide bonds. The van der Waals surface area contributed by atoms with E-state index in [1.165, 1.54) is 12.0 Å². The molecule has 1 aliphatic rings. The Hall–Kier alpha value is -2.04. The normalized spacial score (nSPS) is 19.8. The first-order valence-corrected chi connectivity index (χ1v) is 5.81. The van der Waals surface area contributed by atoms with Gasteiger partial charge in [0, 0.05) is 18.9 Å². The lowest BCUT2D eigenvalue weighted by atomic mass is 10.1. The van der Waals surface area contributed by atoms with Gasteiger partial charge in [-0.25, -0.2) is 0 Å². The highest BCUT2D eigenvalue weighted by molar-refractivity contribution is 5.63. The highest BCUT2D eigenvalue weighted by atomic mass is 15.3. The molecule has 1 aliphatic heterocycles. The summed E-state index contributed by atoms with van der Waals surface area (Å²) in [4.78, 5) is 6.49. The standard InChI is InChI=1S/C12H15N5/c13-12-11(8-15-16-12)17-6-2-4-10(17)9-3-1-5-14-7-9/h1,3,5,7-8,10H,2,4,6H2,(H3,13,15,16). The molecule has 0 bridgehead atoms. The maximum absolute atomic E-state index is 5.89. The third kappa shape index (κ3) is 1.73. The van der Waals surface area contributed by atoms with E-state index in [4.69, 9.17) is 5.73 Å². The van der Waals surface area contributed by atoms with Crippen LogP contribution in [-0.4, -0.2) is 21.7 Å². The van der Waals surface area contributed by atoms with Gasteiger partial charge < -0.3 is 10.6 Å². The van der Waals surface area contributed by atoms with Gasteiger partial charge in [-0.1, -0.05) is 6.07 Å². The fourth-order valence-electron chi connectivity index (χ4n) is 2.49. The third-order valence-corrected chi connectivity index (χ3v) is 3.28. The van der Waals surface area contributed by atoms with Crippen LogP contribution in [0.3, 0.4) is 0 Å². The minimum Gasteiger partial charge on any atom is -0.382 e. The lowest BCUT2D eigenvalue weighted by molar-refractivity contribution is 0.716. The summed E-state index contributed by atoms with van der Waals surface area (Å²) in [5.41, 5.74) is 8.12. The van der Waals surface area contributed by atoms with Crippen molar-refractivity contribution in [2.75, 3.05) is 17.2 Å². The maximum atomic E-state index is 5.89. The zero-order valence-electron chi connectivity index (χ0n) is 9.50. The summed E-state index contributed by atoms with van der Waals surface area (Å²) in [5, 5.41) is 6.78. The van der Waals surface area contributed by atoms with Gasteiger partial charge in [-0.05, 0) is 24.5 Å². The average molecular weight is 229 g/mol. The number of H-pyrrole nitrogens is 1. The molecule has 5 heteroatoms. The number of pyridine rings is 1. The van der Waals surface area contributed by atoms with Crippen LogP contribution in [0.4, 0.5) is 11.5 Å². The fourth-order valence-corrected chi connectivity index (χ4v) is 2.49. The molecule has 3 N–H and O–H groups in total. The van der Waals surface area contributed by atoms with Gasteiger partial charge in [0.25, 0.3) is 0 Å². The molecule has 0 saturated carbocycles. The van der Waals surface area contributed by atoms with E-state index >= 15 is 0 Å². The van der Waals surface area contributed by atoms with Gasteiger partial charge in [-0.3, -0.25) is 10.1 Å². The van der Waals surface area contributed by atoms with Crippen molar-refractivity contribution in [1.82, 2.24) is 15.2 Å². The molecular formula is C12H15N5. The zero-order valence-corrected chi connectivity index (χ0v) is 9.50. The monoisotopic (exact) mass is 229 g/mol. The molecule has 88 valence electrons. The van der Waals surface area contributed by atoms with Crippen LogP contribution in [0.2, 0.25) is 0 Å². The van der Waals surface area contributed by atoms with Crippen molar-refractivity contribution < 1.29 is 0 Å². The van der Waals surface area contributed by atoms with Gasteiger partial charge in [0.05, 0.1) is 17.9 Å². The maximum Gasteiger partial charge on any atom is 0.142 e. The summed E-state index contributed by atoms with van der Waals surface area (Å²) in [5.74, 6) is 0.640. The molecule has 17 heavy (non-hydrogen) atoms. The minimum absolute atomic E-state index is 0.364. The first-order valence-electron chi connectivity index (χ1n) is 5.81. The molecule has 0 spiro atoms. The predicted octanol–water partition coefficient (Wildman–Crippen LogP) is 1.73. The first kappa shape index (κ1) is 10.1. The number of anilines is 2. The Bertz CT molecular complexity index is 493. The second-order valence-corrected chi connectivity index (χ2v) is 4.31. The van der Waals surface area contributed by atoms with Crippen molar-refractivity contribution in [3.05, 3.63) is 36.3 Å². The van der Waals surface area contributed by atoms with Gasteiger partial charge in [0.1, 0.15) is 5.82 Å². The highest BCUT2D eigenvalue weighted by Crippen LogP contribution is 2.37. The van der Waals surface area contributed by atoms with Crippen LogP contribution in [0.1, 0.15) is 24.4 Å². The lowest BCUT2D eigenvalue weighted by Crippen LogP contribution is -2.23. The summed E-state index contributed by atoms with van der Waals surface area (Å²) >= 11 is 0. The van der Waals surface area contributed by atoms with Crippen LogP contribution in [-0.2, 0) is 0 Å². The van der Waals surface area contributed by atoms with Crippen LogP contribution in [0, 0.1) is 0 Å². The van der Waals surface area contributed by atoms with E-state index in [-0.39, 0.29) is 0 Å². The van der Waals surface area contributed by atoms with E-state index in [9.17, 15) is 0 Å². The largest absolute Gasteiger partial charge is 0.382 e. The van der Waals surface area contributed by atoms with E-state index < -0.39 is 0 Å². The fraction of sp³-hybridized carbons (Fsp3) is 0.333. The lowest BCUT2D eigenvalue weighted by Gasteiger charge is -2.25. The third-order valence-electron chi connectivity index (χ3n) is 3.28. The molecule has 5 nitrogen and oxygen atoms in total. The molecule has 1 saturated heterocycles. The van der Waals surface area contributed by atoms with Crippen molar-refractivity contribution in [2.45, 2.75) is 18.9 Å². The number of nitrogens with zero attached hydrogens (tertiary/aromatic N) is 3. The summed E-state index contributed by atoms with van der Waals surface area (Å²) in [7, 11) is 0. The zero-order chi connectivity index (χ0) is 11.7. The second kappa shape index (κ2) is 4.08. The number of nitrogens with two attached hydrogens (primary N) is 1. The Kier molecular flexibility index (Phi) is 2.44. The number of hydrogen-bond donors (Lipinski definition) is 2. The number of aromatic nitrogens is 3. The SMILES string of the molecule is Nc1[nH]ncc1N1CCCC1c1cccnc1. The molecular weight excluding hydrogens is 214 g/mol. The Morgan fingerprint density at radius 1 is 1.41 bits per heavy atom. The van der Waals surface area contributed by atoms with Crippen molar-refractivity contribution >= 4 is 11.5 Å².